The van der Waals surface area contributed by atoms with Crippen molar-refractivity contribution in [3.8, 4) is 0 Å². The molecule has 31 heavy (non-hydrogen) atoms. The van der Waals surface area contributed by atoms with Crippen LogP contribution in [0.5, 0.6) is 0 Å². The van der Waals surface area contributed by atoms with Gasteiger partial charge in [0.15, 0.2) is 0 Å². The molecule has 0 bridgehead atoms. The average Bonchev–Trinajstić information content (AvgIpc) is 3.00. The molecule has 0 unspecified atom stereocenters. The van der Waals surface area contributed by atoms with Crippen molar-refractivity contribution < 1.29 is 4.39 Å². The molecule has 7 heteroatoms. The van der Waals surface area contributed by atoms with E-state index in [4.69, 9.17) is 0 Å². The third kappa shape index (κ3) is 4.72. The van der Waals surface area contributed by atoms with E-state index in [0.717, 1.165) is 42.0 Å². The van der Waals surface area contributed by atoms with Crippen LogP contribution in [0.2, 0.25) is 0 Å². The van der Waals surface area contributed by atoms with Crippen molar-refractivity contribution in [2.45, 2.75) is 52.7 Å². The summed E-state index contributed by atoms with van der Waals surface area (Å²) in [6, 6.07) is 6.60. The summed E-state index contributed by atoms with van der Waals surface area (Å²) in [4.78, 5) is 15.7. The van der Waals surface area contributed by atoms with Crippen molar-refractivity contribution in [1.29, 1.82) is 0 Å². The van der Waals surface area contributed by atoms with Gasteiger partial charge >= 0.3 is 0 Å². The number of nitrogens with zero attached hydrogens (tertiary/aromatic N) is 4. The van der Waals surface area contributed by atoms with Gasteiger partial charge in [-0.3, -0.25) is 9.48 Å². The van der Waals surface area contributed by atoms with Gasteiger partial charge in [-0.05, 0) is 69.4 Å². The molecule has 4 rings (SSSR count). The monoisotopic (exact) mass is 425 g/mol. The van der Waals surface area contributed by atoms with E-state index in [1.165, 1.54) is 31.4 Å². The van der Waals surface area contributed by atoms with Crippen molar-refractivity contribution in [1.82, 2.24) is 24.6 Å². The van der Waals surface area contributed by atoms with Crippen LogP contribution in [-0.4, -0.2) is 38.9 Å². The highest BCUT2D eigenvalue weighted by molar-refractivity contribution is 5.79. The number of halogens is 1. The van der Waals surface area contributed by atoms with Gasteiger partial charge < -0.3 is 14.8 Å². The van der Waals surface area contributed by atoms with E-state index in [9.17, 15) is 9.18 Å². The van der Waals surface area contributed by atoms with Gasteiger partial charge in [-0.2, -0.15) is 5.10 Å². The van der Waals surface area contributed by atoms with E-state index in [0.29, 0.717) is 30.7 Å². The third-order valence-corrected chi connectivity index (χ3v) is 6.50. The van der Waals surface area contributed by atoms with Gasteiger partial charge in [0.2, 0.25) is 0 Å². The quantitative estimate of drug-likeness (QED) is 0.631. The van der Waals surface area contributed by atoms with Crippen LogP contribution in [0.25, 0.3) is 10.9 Å². The maximum atomic E-state index is 14.0. The number of nitrogens with one attached hydrogen (secondary N) is 1. The average molecular weight is 426 g/mol. The fourth-order valence-corrected chi connectivity index (χ4v) is 4.57. The van der Waals surface area contributed by atoms with Gasteiger partial charge in [0.1, 0.15) is 5.82 Å². The van der Waals surface area contributed by atoms with Crippen LogP contribution in [0.15, 0.2) is 29.1 Å². The fourth-order valence-electron chi connectivity index (χ4n) is 4.57. The summed E-state index contributed by atoms with van der Waals surface area (Å²) >= 11 is 0. The normalized spacial score (nSPS) is 15.1. The van der Waals surface area contributed by atoms with E-state index in [1.54, 1.807) is 10.6 Å². The topological polar surface area (TPSA) is 55.1 Å². The largest absolute Gasteiger partial charge is 0.308 e. The zero-order valence-corrected chi connectivity index (χ0v) is 18.7. The number of fused-ring (bicyclic) bond motifs is 1. The highest BCUT2D eigenvalue weighted by Gasteiger charge is 2.15. The zero-order valence-electron chi connectivity index (χ0n) is 18.7. The number of aryl methyl sites for hydroxylation is 2. The minimum absolute atomic E-state index is 0.0396. The highest BCUT2D eigenvalue weighted by Crippen LogP contribution is 2.17. The molecule has 0 radical (unpaired) electrons. The van der Waals surface area contributed by atoms with Gasteiger partial charge in [0, 0.05) is 50.0 Å². The van der Waals surface area contributed by atoms with E-state index >= 15 is 0 Å². The molecular weight excluding hydrogens is 393 g/mol. The van der Waals surface area contributed by atoms with Gasteiger partial charge in [-0.15, -0.1) is 0 Å². The number of benzene rings is 1. The Hall–Kier alpha value is -2.51. The lowest BCUT2D eigenvalue weighted by Crippen LogP contribution is -2.36. The molecule has 6 nitrogen and oxygen atoms in total. The van der Waals surface area contributed by atoms with E-state index < -0.39 is 0 Å². The molecule has 0 spiro atoms. The molecule has 0 aliphatic carbocycles. The number of hydrogen-bond donors (Lipinski definition) is 1. The van der Waals surface area contributed by atoms with Crippen LogP contribution < -0.4 is 10.9 Å². The highest BCUT2D eigenvalue weighted by atomic mass is 19.1. The molecule has 3 heterocycles. The minimum atomic E-state index is -0.313. The number of pyridine rings is 1. The van der Waals surface area contributed by atoms with Crippen molar-refractivity contribution in [3.63, 3.8) is 0 Å². The standard InChI is InChI=1S/C24H32FN5O/c1-17-22(18(2)28(3)27-17)16-26-15-20-13-19-7-8-21(25)14-23(19)30(24(20)31)12-11-29-9-5-4-6-10-29/h7-8,13-14,26H,4-6,9-12,15-16H2,1-3H3. The van der Waals surface area contributed by atoms with Crippen molar-refractivity contribution >= 4 is 10.9 Å². The maximum absolute atomic E-state index is 14.0. The summed E-state index contributed by atoms with van der Waals surface area (Å²) in [5.41, 5.74) is 4.62. The van der Waals surface area contributed by atoms with Crippen LogP contribution >= 0.6 is 0 Å². The van der Waals surface area contributed by atoms with Crippen molar-refractivity contribution in [2.24, 2.45) is 7.05 Å². The summed E-state index contributed by atoms with van der Waals surface area (Å²) in [6.45, 7) is 8.71. The number of hydrogen-bond acceptors (Lipinski definition) is 4. The lowest BCUT2D eigenvalue weighted by Gasteiger charge is -2.27. The second-order valence-electron chi connectivity index (χ2n) is 8.61. The van der Waals surface area contributed by atoms with Crippen LogP contribution in [0.1, 0.15) is 41.8 Å². The lowest BCUT2D eigenvalue weighted by molar-refractivity contribution is 0.221. The Bertz CT molecular complexity index is 1130. The number of piperidine rings is 1. The first-order valence-corrected chi connectivity index (χ1v) is 11.2. The Morgan fingerprint density at radius 1 is 1.06 bits per heavy atom. The molecule has 1 aliphatic heterocycles. The summed E-state index contributed by atoms with van der Waals surface area (Å²) in [7, 11) is 1.94. The molecule has 2 aromatic heterocycles. The first kappa shape index (κ1) is 21.7. The van der Waals surface area contributed by atoms with Crippen LogP contribution in [0, 0.1) is 19.7 Å². The predicted octanol–water partition coefficient (Wildman–Crippen LogP) is 3.27. The molecule has 0 saturated carbocycles. The van der Waals surface area contributed by atoms with Gasteiger partial charge in [0.05, 0.1) is 11.2 Å². The summed E-state index contributed by atoms with van der Waals surface area (Å²) < 4.78 is 17.6. The van der Waals surface area contributed by atoms with Crippen molar-refractivity contribution in [3.05, 3.63) is 63.0 Å². The summed E-state index contributed by atoms with van der Waals surface area (Å²) in [6.07, 6.45) is 3.70. The molecule has 0 atom stereocenters. The maximum Gasteiger partial charge on any atom is 0.255 e. The minimum Gasteiger partial charge on any atom is -0.308 e. The number of rotatable bonds is 7. The molecule has 1 saturated heterocycles. The van der Waals surface area contributed by atoms with E-state index in [1.807, 2.05) is 24.7 Å². The second kappa shape index (κ2) is 9.32. The fraction of sp³-hybridized carbons (Fsp3) is 0.500. The van der Waals surface area contributed by atoms with Crippen LogP contribution in [-0.2, 0) is 26.7 Å². The summed E-state index contributed by atoms with van der Waals surface area (Å²) in [5, 5.41) is 8.76. The lowest BCUT2D eigenvalue weighted by atomic mass is 10.1. The van der Waals surface area contributed by atoms with Crippen molar-refractivity contribution in [2.75, 3.05) is 19.6 Å². The Labute approximate surface area is 182 Å². The molecule has 166 valence electrons. The molecule has 3 aromatic rings. The molecule has 1 N–H and O–H groups in total. The van der Waals surface area contributed by atoms with Gasteiger partial charge in [0.25, 0.3) is 5.56 Å². The Morgan fingerprint density at radius 2 is 1.84 bits per heavy atom. The Morgan fingerprint density at radius 3 is 2.55 bits per heavy atom. The first-order valence-electron chi connectivity index (χ1n) is 11.2. The Balaban J connectivity index is 1.57. The molecular formula is C24H32FN5O. The summed E-state index contributed by atoms with van der Waals surface area (Å²) in [5.74, 6) is -0.313. The molecule has 1 aromatic carbocycles. The number of likely N-dealkylation sites (tertiary alicyclic amines) is 1. The molecule has 1 aliphatic rings. The first-order chi connectivity index (χ1) is 14.9. The van der Waals surface area contributed by atoms with Gasteiger partial charge in [-0.1, -0.05) is 6.42 Å². The van der Waals surface area contributed by atoms with Crippen LogP contribution in [0.4, 0.5) is 4.39 Å². The third-order valence-electron chi connectivity index (χ3n) is 6.50. The molecule has 1 fully saturated rings. The zero-order chi connectivity index (χ0) is 22.0. The van der Waals surface area contributed by atoms with Gasteiger partial charge in [-0.25, -0.2) is 4.39 Å². The number of aromatic nitrogens is 3. The SMILES string of the molecule is Cc1nn(C)c(C)c1CNCc1cc2ccc(F)cc2n(CCN2CCCCC2)c1=O. The second-order valence-corrected chi connectivity index (χ2v) is 8.61. The molecule has 0 amide bonds. The predicted molar refractivity (Wildman–Crippen MR) is 122 cm³/mol. The van der Waals surface area contributed by atoms with E-state index in [2.05, 4.69) is 22.2 Å². The van der Waals surface area contributed by atoms with E-state index in [-0.39, 0.29) is 11.4 Å². The smallest absolute Gasteiger partial charge is 0.255 e. The van der Waals surface area contributed by atoms with Crippen LogP contribution in [0.3, 0.4) is 0 Å². The Kier molecular flexibility index (Phi) is 6.53.